The summed E-state index contributed by atoms with van der Waals surface area (Å²) in [6.07, 6.45) is 0. The summed E-state index contributed by atoms with van der Waals surface area (Å²) in [5, 5.41) is 1.47. The minimum absolute atomic E-state index is 0.238. The predicted molar refractivity (Wildman–Crippen MR) is 92.9 cm³/mol. The van der Waals surface area contributed by atoms with Gasteiger partial charge in [-0.05, 0) is 24.6 Å². The molecule has 0 amide bonds. The molecule has 2 heterocycles. The van der Waals surface area contributed by atoms with Crippen LogP contribution in [0, 0.1) is 6.92 Å². The number of hydrogen-bond donors (Lipinski definition) is 1. The van der Waals surface area contributed by atoms with Gasteiger partial charge in [-0.25, -0.2) is 4.98 Å². The second kappa shape index (κ2) is 5.59. The molecule has 0 bridgehead atoms. The van der Waals surface area contributed by atoms with Crippen LogP contribution in [0.4, 0.5) is 0 Å². The van der Waals surface area contributed by atoms with Crippen LogP contribution in [0.3, 0.4) is 0 Å². The van der Waals surface area contributed by atoms with Crippen LogP contribution in [0.15, 0.2) is 62.9 Å². The van der Waals surface area contributed by atoms with E-state index in [1.165, 1.54) is 22.9 Å². The molecule has 0 aliphatic carbocycles. The number of thioether (sulfide) groups is 1. The Morgan fingerprint density at radius 3 is 2.91 bits per heavy atom. The number of hydrogen-bond acceptors (Lipinski definition) is 4. The molecule has 0 aliphatic rings. The molecule has 2 aromatic heterocycles. The highest BCUT2D eigenvalue weighted by Gasteiger charge is 2.13. The number of fused-ring (bicyclic) bond motifs is 3. The summed E-state index contributed by atoms with van der Waals surface area (Å²) >= 11 is 1.51. The Morgan fingerprint density at radius 2 is 2.04 bits per heavy atom. The van der Waals surface area contributed by atoms with Gasteiger partial charge in [0.25, 0.3) is 5.56 Å². The Morgan fingerprint density at radius 1 is 1.17 bits per heavy atom. The second-order valence-electron chi connectivity index (χ2n) is 5.42. The van der Waals surface area contributed by atoms with Crippen LogP contribution in [0.5, 0.6) is 0 Å². The molecule has 114 valence electrons. The van der Waals surface area contributed by atoms with Crippen molar-refractivity contribution >= 4 is 33.8 Å². The summed E-state index contributed by atoms with van der Waals surface area (Å²) in [6, 6.07) is 15.9. The van der Waals surface area contributed by atoms with Crippen molar-refractivity contribution in [3.63, 3.8) is 0 Å². The normalized spacial score (nSPS) is 11.3. The maximum absolute atomic E-state index is 12.2. The molecule has 0 fully saturated rings. The van der Waals surface area contributed by atoms with Gasteiger partial charge >= 0.3 is 0 Å². The number of nitrogens with zero attached hydrogens (tertiary/aromatic N) is 1. The van der Waals surface area contributed by atoms with E-state index >= 15 is 0 Å². The highest BCUT2D eigenvalue weighted by molar-refractivity contribution is 7.98. The molecule has 0 unspecified atom stereocenters. The molecular formula is C18H14N2O2S. The van der Waals surface area contributed by atoms with E-state index in [0.717, 1.165) is 11.1 Å². The number of aromatic nitrogens is 2. The number of nitrogens with one attached hydrogen (secondary N) is 1. The van der Waals surface area contributed by atoms with Gasteiger partial charge in [-0.15, -0.1) is 0 Å². The third-order valence-corrected chi connectivity index (χ3v) is 4.61. The summed E-state index contributed by atoms with van der Waals surface area (Å²) in [4.78, 5) is 19.6. The van der Waals surface area contributed by atoms with Crippen molar-refractivity contribution < 1.29 is 4.42 Å². The second-order valence-corrected chi connectivity index (χ2v) is 6.39. The van der Waals surface area contributed by atoms with Crippen LogP contribution >= 0.6 is 11.8 Å². The van der Waals surface area contributed by atoms with Gasteiger partial charge in [0.05, 0.1) is 0 Å². The molecule has 2 aromatic carbocycles. The van der Waals surface area contributed by atoms with E-state index in [2.05, 4.69) is 35.1 Å². The van der Waals surface area contributed by atoms with E-state index < -0.39 is 0 Å². The van der Waals surface area contributed by atoms with Gasteiger partial charge in [-0.1, -0.05) is 53.7 Å². The maximum atomic E-state index is 12.2. The van der Waals surface area contributed by atoms with Crippen molar-refractivity contribution in [2.75, 3.05) is 0 Å². The van der Waals surface area contributed by atoms with Crippen LogP contribution in [-0.2, 0) is 5.75 Å². The van der Waals surface area contributed by atoms with Crippen molar-refractivity contribution in [3.8, 4) is 0 Å². The molecule has 0 saturated carbocycles. The van der Waals surface area contributed by atoms with Crippen LogP contribution < -0.4 is 5.56 Å². The molecule has 5 heteroatoms. The van der Waals surface area contributed by atoms with Gasteiger partial charge < -0.3 is 4.42 Å². The maximum Gasteiger partial charge on any atom is 0.295 e. The monoisotopic (exact) mass is 322 g/mol. The smallest absolute Gasteiger partial charge is 0.295 e. The highest BCUT2D eigenvalue weighted by Crippen LogP contribution is 2.27. The number of rotatable bonds is 3. The largest absolute Gasteiger partial charge is 0.449 e. The first-order valence-electron chi connectivity index (χ1n) is 7.30. The Kier molecular flexibility index (Phi) is 3.42. The highest BCUT2D eigenvalue weighted by atomic mass is 32.2. The van der Waals surface area contributed by atoms with Crippen molar-refractivity contribution in [2.45, 2.75) is 17.8 Å². The van der Waals surface area contributed by atoms with Crippen molar-refractivity contribution in [3.05, 3.63) is 70.0 Å². The lowest BCUT2D eigenvalue weighted by molar-refractivity contribution is 0.658. The summed E-state index contributed by atoms with van der Waals surface area (Å²) in [5.41, 5.74) is 3.78. The zero-order valence-electron chi connectivity index (χ0n) is 12.5. The van der Waals surface area contributed by atoms with Gasteiger partial charge in [-0.3, -0.25) is 9.78 Å². The molecule has 23 heavy (non-hydrogen) atoms. The fourth-order valence-electron chi connectivity index (χ4n) is 2.60. The molecule has 0 saturated heterocycles. The fourth-order valence-corrected chi connectivity index (χ4v) is 3.41. The lowest BCUT2D eigenvalue weighted by atomic mass is 10.2. The topological polar surface area (TPSA) is 58.9 Å². The zero-order valence-corrected chi connectivity index (χ0v) is 13.3. The molecule has 1 N–H and O–H groups in total. The molecule has 0 atom stereocenters. The lowest BCUT2D eigenvalue weighted by Gasteiger charge is -2.02. The fraction of sp³-hybridized carbons (Fsp3) is 0.111. The third kappa shape index (κ3) is 2.64. The SMILES string of the molecule is Cc1cccc(CSc2nc3c(oc4ccccc43)c(=O)[nH]2)c1. The van der Waals surface area contributed by atoms with Gasteiger partial charge in [0.1, 0.15) is 11.1 Å². The van der Waals surface area contributed by atoms with Crippen LogP contribution in [0.25, 0.3) is 22.1 Å². The Balaban J connectivity index is 1.73. The van der Waals surface area contributed by atoms with Gasteiger partial charge in [0, 0.05) is 11.1 Å². The summed E-state index contributed by atoms with van der Waals surface area (Å²) in [6.45, 7) is 2.07. The van der Waals surface area contributed by atoms with Crippen molar-refractivity contribution in [2.24, 2.45) is 0 Å². The number of benzene rings is 2. The molecule has 0 aliphatic heterocycles. The molecule has 4 rings (SSSR count). The predicted octanol–water partition coefficient (Wildman–Crippen LogP) is 4.27. The Labute approximate surface area is 136 Å². The van der Waals surface area contributed by atoms with Gasteiger partial charge in [0.15, 0.2) is 5.16 Å². The number of aryl methyl sites for hydroxylation is 1. The van der Waals surface area contributed by atoms with E-state index in [9.17, 15) is 4.79 Å². The molecular weight excluding hydrogens is 308 g/mol. The van der Waals surface area contributed by atoms with E-state index in [4.69, 9.17) is 4.42 Å². The first-order chi connectivity index (χ1) is 11.2. The Hall–Kier alpha value is -2.53. The van der Waals surface area contributed by atoms with Crippen LogP contribution in [-0.4, -0.2) is 9.97 Å². The number of furan rings is 1. The molecule has 4 nitrogen and oxygen atoms in total. The zero-order chi connectivity index (χ0) is 15.8. The summed E-state index contributed by atoms with van der Waals surface area (Å²) < 4.78 is 5.60. The molecule has 0 radical (unpaired) electrons. The van der Waals surface area contributed by atoms with E-state index in [1.54, 1.807) is 0 Å². The minimum atomic E-state index is -0.238. The summed E-state index contributed by atoms with van der Waals surface area (Å²) in [7, 11) is 0. The van der Waals surface area contributed by atoms with E-state index in [0.29, 0.717) is 16.3 Å². The standard InChI is InChI=1S/C18H14N2O2S/c1-11-5-4-6-12(9-11)10-23-18-19-15-13-7-2-3-8-14(13)22-16(15)17(21)20-18/h2-9H,10H2,1H3,(H,19,20,21). The molecule has 4 aromatic rings. The van der Waals surface area contributed by atoms with E-state index in [-0.39, 0.29) is 11.1 Å². The van der Waals surface area contributed by atoms with E-state index in [1.807, 2.05) is 30.3 Å². The first-order valence-corrected chi connectivity index (χ1v) is 8.29. The van der Waals surface area contributed by atoms with Gasteiger partial charge in [0.2, 0.25) is 5.58 Å². The quantitative estimate of drug-likeness (QED) is 0.452. The minimum Gasteiger partial charge on any atom is -0.449 e. The molecule has 0 spiro atoms. The first kappa shape index (κ1) is 14.1. The van der Waals surface area contributed by atoms with Crippen LogP contribution in [0.2, 0.25) is 0 Å². The number of para-hydroxylation sites is 1. The average Bonchev–Trinajstić information content (AvgIpc) is 2.93. The summed E-state index contributed by atoms with van der Waals surface area (Å²) in [5.74, 6) is 0.756. The number of aromatic amines is 1. The van der Waals surface area contributed by atoms with Crippen LogP contribution in [0.1, 0.15) is 11.1 Å². The van der Waals surface area contributed by atoms with Gasteiger partial charge in [-0.2, -0.15) is 0 Å². The lowest BCUT2D eigenvalue weighted by Crippen LogP contribution is -2.07. The number of H-pyrrole nitrogens is 1. The van der Waals surface area contributed by atoms with Crippen molar-refractivity contribution in [1.82, 2.24) is 9.97 Å². The third-order valence-electron chi connectivity index (χ3n) is 3.67. The Bertz CT molecular complexity index is 1070. The average molecular weight is 322 g/mol. The van der Waals surface area contributed by atoms with Crippen molar-refractivity contribution in [1.29, 1.82) is 0 Å².